The van der Waals surface area contributed by atoms with Crippen molar-refractivity contribution >= 4 is 5.97 Å². The third-order valence-electron chi connectivity index (χ3n) is 6.16. The molecule has 0 amide bonds. The lowest BCUT2D eigenvalue weighted by Gasteiger charge is -2.26. The van der Waals surface area contributed by atoms with Crippen LogP contribution in [0, 0.1) is 11.7 Å². The highest BCUT2D eigenvalue weighted by Crippen LogP contribution is 2.37. The third kappa shape index (κ3) is 6.19. The molecule has 2 aromatic rings. The van der Waals surface area contributed by atoms with E-state index in [4.69, 9.17) is 9.47 Å². The molecular weight excluding hydrogens is 407 g/mol. The van der Waals surface area contributed by atoms with Gasteiger partial charge in [0.1, 0.15) is 24.8 Å². The van der Waals surface area contributed by atoms with Crippen LogP contribution < -0.4 is 4.74 Å². The van der Waals surface area contributed by atoms with Gasteiger partial charge in [-0.1, -0.05) is 50.6 Å². The summed E-state index contributed by atoms with van der Waals surface area (Å²) in [6.45, 7) is 7.62. The molecule has 5 heteroatoms. The number of carbonyl (C=O) groups is 1. The molecule has 0 spiro atoms. The van der Waals surface area contributed by atoms with Gasteiger partial charge in [0.25, 0.3) is 0 Å². The highest BCUT2D eigenvalue weighted by Gasteiger charge is 2.21. The van der Waals surface area contributed by atoms with Crippen LogP contribution in [0.3, 0.4) is 0 Å². The van der Waals surface area contributed by atoms with Crippen molar-refractivity contribution in [2.45, 2.75) is 51.9 Å². The van der Waals surface area contributed by atoms with Crippen LogP contribution in [0.15, 0.2) is 48.6 Å². The van der Waals surface area contributed by atoms with Gasteiger partial charge in [-0.2, -0.15) is 0 Å². The highest BCUT2D eigenvalue weighted by molar-refractivity contribution is 5.86. The van der Waals surface area contributed by atoms with E-state index in [9.17, 15) is 9.90 Å². The maximum atomic E-state index is 15.1. The van der Waals surface area contributed by atoms with Crippen molar-refractivity contribution in [1.82, 2.24) is 0 Å². The molecule has 4 nitrogen and oxygen atoms in total. The van der Waals surface area contributed by atoms with E-state index in [0.29, 0.717) is 34.8 Å². The summed E-state index contributed by atoms with van der Waals surface area (Å²) in [5.74, 6) is 1.04. The summed E-state index contributed by atoms with van der Waals surface area (Å²) in [5.41, 5.74) is 3.45. The number of rotatable bonds is 9. The van der Waals surface area contributed by atoms with E-state index < -0.39 is 5.97 Å². The second kappa shape index (κ2) is 11.3. The van der Waals surface area contributed by atoms with Gasteiger partial charge in [0.15, 0.2) is 0 Å². The molecule has 1 saturated carbocycles. The maximum Gasteiger partial charge on any atom is 0.333 e. The Morgan fingerprint density at radius 1 is 1.12 bits per heavy atom. The monoisotopic (exact) mass is 440 g/mol. The summed E-state index contributed by atoms with van der Waals surface area (Å²) >= 11 is 0. The summed E-state index contributed by atoms with van der Waals surface area (Å²) in [6, 6.07) is 11.0. The summed E-state index contributed by atoms with van der Waals surface area (Å²) in [4.78, 5) is 11.5. The van der Waals surface area contributed by atoms with Gasteiger partial charge < -0.3 is 14.6 Å². The molecule has 0 unspecified atom stereocenters. The van der Waals surface area contributed by atoms with Crippen molar-refractivity contribution in [1.29, 1.82) is 0 Å². The minimum Gasteiger partial charge on any atom is -0.490 e. The van der Waals surface area contributed by atoms with Crippen LogP contribution in [0.1, 0.15) is 56.6 Å². The molecule has 0 aliphatic heterocycles. The van der Waals surface area contributed by atoms with E-state index in [2.05, 4.69) is 13.5 Å². The van der Waals surface area contributed by atoms with E-state index in [-0.39, 0.29) is 25.6 Å². The summed E-state index contributed by atoms with van der Waals surface area (Å²) in [7, 11) is 0. The predicted molar refractivity (Wildman–Crippen MR) is 124 cm³/mol. The molecule has 1 aliphatic rings. The quantitative estimate of drug-likeness (QED) is 0.303. The highest BCUT2D eigenvalue weighted by atomic mass is 19.1. The average Bonchev–Trinajstić information content (AvgIpc) is 2.78. The van der Waals surface area contributed by atoms with Gasteiger partial charge in [0, 0.05) is 17.7 Å². The van der Waals surface area contributed by atoms with Gasteiger partial charge in [0.05, 0.1) is 0 Å². The molecule has 0 bridgehead atoms. The van der Waals surface area contributed by atoms with E-state index in [0.717, 1.165) is 29.9 Å². The Morgan fingerprint density at radius 3 is 2.53 bits per heavy atom. The Kier molecular flexibility index (Phi) is 8.46. The lowest BCUT2D eigenvalue weighted by molar-refractivity contribution is -0.139. The van der Waals surface area contributed by atoms with Gasteiger partial charge in [-0.05, 0) is 66.8 Å². The molecule has 0 radical (unpaired) electrons. The molecule has 32 heavy (non-hydrogen) atoms. The SMILES string of the molecule is C=C(C)C(=O)OCCOc1cc(-c2ccc(C3CCC(C)CC3)cc2F)ccc1CCO. The smallest absolute Gasteiger partial charge is 0.333 e. The molecule has 172 valence electrons. The van der Waals surface area contributed by atoms with Crippen LogP contribution in [-0.4, -0.2) is 30.9 Å². The number of carbonyl (C=O) groups excluding carboxylic acids is 1. The number of hydrogen-bond donors (Lipinski definition) is 1. The van der Waals surface area contributed by atoms with Gasteiger partial charge >= 0.3 is 5.97 Å². The average molecular weight is 441 g/mol. The number of aliphatic hydroxyl groups excluding tert-OH is 1. The number of halogens is 1. The van der Waals surface area contributed by atoms with Crippen molar-refractivity contribution in [3.05, 3.63) is 65.5 Å². The lowest BCUT2D eigenvalue weighted by atomic mass is 9.79. The molecule has 0 aromatic heterocycles. The number of esters is 1. The molecule has 1 aliphatic carbocycles. The second-order valence-corrected chi connectivity index (χ2v) is 8.76. The van der Waals surface area contributed by atoms with Crippen LogP contribution in [0.2, 0.25) is 0 Å². The van der Waals surface area contributed by atoms with Crippen molar-refractivity contribution in [2.75, 3.05) is 19.8 Å². The molecule has 0 atom stereocenters. The summed E-state index contributed by atoms with van der Waals surface area (Å²) in [5, 5.41) is 9.36. The number of hydrogen-bond acceptors (Lipinski definition) is 4. The van der Waals surface area contributed by atoms with Crippen molar-refractivity contribution < 1.29 is 23.8 Å². The predicted octanol–water partition coefficient (Wildman–Crippen LogP) is 5.82. The summed E-state index contributed by atoms with van der Waals surface area (Å²) < 4.78 is 25.9. The normalized spacial score (nSPS) is 18.2. The van der Waals surface area contributed by atoms with Crippen molar-refractivity contribution in [3.63, 3.8) is 0 Å². The fraction of sp³-hybridized carbons (Fsp3) is 0.444. The Morgan fingerprint density at radius 2 is 1.88 bits per heavy atom. The molecular formula is C27H33FO4. The Hall–Kier alpha value is -2.66. The van der Waals surface area contributed by atoms with Crippen molar-refractivity contribution in [2.24, 2.45) is 5.92 Å². The van der Waals surface area contributed by atoms with Crippen molar-refractivity contribution in [3.8, 4) is 16.9 Å². The minimum absolute atomic E-state index is 0.0244. The molecule has 1 fully saturated rings. The molecule has 2 aromatic carbocycles. The fourth-order valence-electron chi connectivity index (χ4n) is 4.21. The van der Waals surface area contributed by atoms with Crippen LogP contribution in [0.5, 0.6) is 5.75 Å². The number of aliphatic hydroxyl groups is 1. The Labute approximate surface area is 190 Å². The number of ether oxygens (including phenoxy) is 2. The van der Waals surface area contributed by atoms with E-state index in [1.165, 1.54) is 12.8 Å². The zero-order chi connectivity index (χ0) is 23.1. The van der Waals surface area contributed by atoms with Crippen LogP contribution >= 0.6 is 0 Å². The van der Waals surface area contributed by atoms with Gasteiger partial charge in [-0.15, -0.1) is 0 Å². The first-order chi connectivity index (χ1) is 15.4. The van der Waals surface area contributed by atoms with Crippen LogP contribution in [-0.2, 0) is 16.0 Å². The third-order valence-corrected chi connectivity index (χ3v) is 6.16. The lowest BCUT2D eigenvalue weighted by Crippen LogP contribution is -2.13. The first-order valence-corrected chi connectivity index (χ1v) is 11.4. The summed E-state index contributed by atoms with van der Waals surface area (Å²) in [6.07, 6.45) is 5.04. The van der Waals surface area contributed by atoms with Crippen LogP contribution in [0.25, 0.3) is 11.1 Å². The van der Waals surface area contributed by atoms with Gasteiger partial charge in [-0.25, -0.2) is 9.18 Å². The molecule has 0 saturated heterocycles. The zero-order valence-corrected chi connectivity index (χ0v) is 19.0. The zero-order valence-electron chi connectivity index (χ0n) is 19.0. The topological polar surface area (TPSA) is 55.8 Å². The standard InChI is InChI=1S/C27H33FO4/c1-18(2)27(30)32-15-14-31-26-17-23(9-8-21(26)12-13-29)24-11-10-22(16-25(24)28)20-6-4-19(3)5-7-20/h8-11,16-17,19-20,29H,1,4-7,12-15H2,2-3H3. The molecule has 3 rings (SSSR count). The minimum atomic E-state index is -0.465. The van der Waals surface area contributed by atoms with E-state index in [1.54, 1.807) is 19.1 Å². The van der Waals surface area contributed by atoms with Crippen LogP contribution in [0.4, 0.5) is 4.39 Å². The first-order valence-electron chi connectivity index (χ1n) is 11.4. The second-order valence-electron chi connectivity index (χ2n) is 8.76. The first kappa shape index (κ1) is 24.0. The van der Waals surface area contributed by atoms with Gasteiger partial charge in [-0.3, -0.25) is 0 Å². The van der Waals surface area contributed by atoms with E-state index in [1.807, 2.05) is 24.3 Å². The maximum absolute atomic E-state index is 15.1. The largest absolute Gasteiger partial charge is 0.490 e. The molecule has 1 N–H and O–H groups in total. The van der Waals surface area contributed by atoms with Gasteiger partial charge in [0.2, 0.25) is 0 Å². The molecule has 0 heterocycles. The Balaban J connectivity index is 1.74. The Bertz CT molecular complexity index is 945. The fourth-order valence-corrected chi connectivity index (χ4v) is 4.21. The number of benzene rings is 2. The van der Waals surface area contributed by atoms with E-state index >= 15 is 4.39 Å².